The van der Waals surface area contributed by atoms with E-state index in [4.69, 9.17) is 11.3 Å². The van der Waals surface area contributed by atoms with Gasteiger partial charge in [-0.25, -0.2) is 0 Å². The molecular weight excluding hydrogens is 297 g/mol. The number of unbranched alkanes of at least 4 members (excludes halogenated alkanes) is 1. The van der Waals surface area contributed by atoms with E-state index in [0.29, 0.717) is 6.61 Å². The molecule has 14 heavy (non-hydrogen) atoms. The van der Waals surface area contributed by atoms with E-state index in [0.717, 1.165) is 12.8 Å². The van der Waals surface area contributed by atoms with Crippen molar-refractivity contribution in [2.24, 2.45) is 5.41 Å². The van der Waals surface area contributed by atoms with Gasteiger partial charge in [-0.3, -0.25) is 10.9 Å². The topological polar surface area (TPSA) is 26.3 Å². The molecule has 78 valence electrons. The molecule has 2 nitrogen and oxygen atoms in total. The summed E-state index contributed by atoms with van der Waals surface area (Å²) in [5.74, 6) is -0.153. The summed E-state index contributed by atoms with van der Waals surface area (Å²) in [6.45, 7) is 11.1. The standard InChI is InChI=1S/C10H17O2.BrH.Zn/c1-5-6-7-8-12-9(11)10(2,3)4;;/h1,5H,6-8H2,2-4H3;1H;/q-1;;+2/p-1. The third kappa shape index (κ3) is 10.4. The van der Waals surface area contributed by atoms with Gasteiger partial charge in [0.05, 0.1) is 12.0 Å². The zero-order chi connectivity index (χ0) is 11.6. The first-order chi connectivity index (χ1) is 6.48. The second-order valence-corrected chi connectivity index (χ2v) is 3.76. The van der Waals surface area contributed by atoms with E-state index < -0.39 is 5.41 Å². The van der Waals surface area contributed by atoms with Gasteiger partial charge in [0, 0.05) is 0 Å². The molecule has 0 aromatic carbocycles. The number of esters is 1. The molecule has 0 heterocycles. The summed E-state index contributed by atoms with van der Waals surface area (Å²) < 4.78 is 4.99. The molecule has 0 saturated carbocycles. The van der Waals surface area contributed by atoms with Crippen LogP contribution < -0.4 is 0 Å². The van der Waals surface area contributed by atoms with Crippen molar-refractivity contribution < 1.29 is 25.9 Å². The summed E-state index contributed by atoms with van der Waals surface area (Å²) in [6, 6.07) is 0. The van der Waals surface area contributed by atoms with E-state index in [1.807, 2.05) is 20.8 Å². The molecule has 0 saturated heterocycles. The number of hydrogen-bond acceptors (Lipinski definition) is 2. The van der Waals surface area contributed by atoms with Crippen LogP contribution in [-0.4, -0.2) is 12.6 Å². The van der Waals surface area contributed by atoms with Crippen LogP contribution in [0, 0.1) is 12.0 Å². The molecule has 0 aromatic heterocycles. The third-order valence-electron chi connectivity index (χ3n) is 1.36. The molecule has 0 fully saturated rings. The van der Waals surface area contributed by atoms with Crippen molar-refractivity contribution in [1.82, 2.24) is 0 Å². The number of allylic oxidation sites excluding steroid dienone is 1. The molecule has 0 aliphatic rings. The van der Waals surface area contributed by atoms with E-state index in [-0.39, 0.29) is 5.97 Å². The Morgan fingerprint density at radius 1 is 1.50 bits per heavy atom. The van der Waals surface area contributed by atoms with Crippen LogP contribution in [0.15, 0.2) is 6.08 Å². The summed E-state index contributed by atoms with van der Waals surface area (Å²) in [5, 5.41) is 0. The van der Waals surface area contributed by atoms with Gasteiger partial charge in [0.15, 0.2) is 0 Å². The van der Waals surface area contributed by atoms with E-state index in [1.54, 1.807) is 6.08 Å². The Labute approximate surface area is 104 Å². The normalized spacial score (nSPS) is 9.86. The van der Waals surface area contributed by atoms with Crippen molar-refractivity contribution in [3.63, 3.8) is 0 Å². The molecule has 0 amide bonds. The second kappa shape index (κ2) is 9.85. The predicted molar refractivity (Wildman–Crippen MR) is 57.4 cm³/mol. The average molecular weight is 315 g/mol. The van der Waals surface area contributed by atoms with Crippen LogP contribution in [0.4, 0.5) is 0 Å². The van der Waals surface area contributed by atoms with Gasteiger partial charge in [-0.05, 0) is 27.2 Å². The fraction of sp³-hybridized carbons (Fsp3) is 0.700. The molecule has 4 heteroatoms. The average Bonchev–Trinajstić information content (AvgIpc) is 2.14. The molecule has 0 bridgehead atoms. The summed E-state index contributed by atoms with van der Waals surface area (Å²) in [6.07, 6.45) is 3.17. The first-order valence-corrected chi connectivity index (χ1v) is 11.4. The van der Waals surface area contributed by atoms with E-state index in [9.17, 15) is 4.79 Å². The summed E-state index contributed by atoms with van der Waals surface area (Å²) in [7, 11) is 0. The molecule has 0 aliphatic carbocycles. The zero-order valence-electron chi connectivity index (χ0n) is 9.18. The van der Waals surface area contributed by atoms with Gasteiger partial charge >= 0.3 is 35.9 Å². The van der Waals surface area contributed by atoms with Crippen LogP contribution in [-0.2, 0) is 25.9 Å². The van der Waals surface area contributed by atoms with Crippen LogP contribution in [0.25, 0.3) is 0 Å². The Morgan fingerprint density at radius 3 is 2.36 bits per heavy atom. The number of hydrogen-bond donors (Lipinski definition) is 0. The summed E-state index contributed by atoms with van der Waals surface area (Å²) in [4.78, 5) is 11.2. The molecule has 0 radical (unpaired) electrons. The zero-order valence-corrected chi connectivity index (χ0v) is 13.7. The van der Waals surface area contributed by atoms with E-state index in [1.165, 1.54) is 16.3 Å². The molecule has 0 N–H and O–H groups in total. The van der Waals surface area contributed by atoms with Crippen molar-refractivity contribution >= 4 is 19.6 Å². The monoisotopic (exact) mass is 312 g/mol. The second-order valence-electron chi connectivity index (χ2n) is 3.76. The number of ether oxygens (including phenoxy) is 1. The van der Waals surface area contributed by atoms with Gasteiger partial charge in [0.2, 0.25) is 0 Å². The van der Waals surface area contributed by atoms with E-state index >= 15 is 0 Å². The number of halogens is 1. The van der Waals surface area contributed by atoms with Crippen molar-refractivity contribution in [2.45, 2.75) is 33.6 Å². The van der Waals surface area contributed by atoms with Crippen LogP contribution in [0.1, 0.15) is 33.6 Å². The fourth-order valence-electron chi connectivity index (χ4n) is 0.583. The summed E-state index contributed by atoms with van der Waals surface area (Å²) >= 11 is 4.25. The minimum absolute atomic E-state index is 0.153. The molecule has 0 rings (SSSR count). The third-order valence-corrected chi connectivity index (χ3v) is 1.36. The first kappa shape index (κ1) is 16.7. The van der Waals surface area contributed by atoms with Gasteiger partial charge in [0.1, 0.15) is 0 Å². The predicted octanol–water partition coefficient (Wildman–Crippen LogP) is 3.19. The first-order valence-electron chi connectivity index (χ1n) is 4.46. The van der Waals surface area contributed by atoms with Crippen LogP contribution in [0.5, 0.6) is 0 Å². The van der Waals surface area contributed by atoms with E-state index in [2.05, 4.69) is 13.6 Å². The Kier molecular flexibility index (Phi) is 11.8. The summed E-state index contributed by atoms with van der Waals surface area (Å²) in [5.41, 5.74) is -0.396. The Balaban J connectivity index is 0. The van der Waals surface area contributed by atoms with Crippen molar-refractivity contribution in [2.75, 3.05) is 6.61 Å². The van der Waals surface area contributed by atoms with Crippen LogP contribution in [0.2, 0.25) is 0 Å². The maximum absolute atomic E-state index is 11.2. The fourth-order valence-corrected chi connectivity index (χ4v) is 0.583. The molecule has 0 aliphatic heterocycles. The van der Waals surface area contributed by atoms with Gasteiger partial charge in [-0.1, -0.05) is 6.42 Å². The SMILES string of the molecule is [CH-]=CCCCOC(=O)C(C)(C)C.[Zn+][Br]. The van der Waals surface area contributed by atoms with Gasteiger partial charge in [-0.15, -0.1) is 0 Å². The quantitative estimate of drug-likeness (QED) is 0.345. The van der Waals surface area contributed by atoms with Gasteiger partial charge < -0.3 is 11.3 Å². The van der Waals surface area contributed by atoms with Crippen LogP contribution in [0.3, 0.4) is 0 Å². The Hall–Kier alpha value is 0.313. The molecule has 0 unspecified atom stereocenters. The number of rotatable bonds is 4. The van der Waals surface area contributed by atoms with Gasteiger partial charge in [0.25, 0.3) is 0 Å². The molecule has 0 atom stereocenters. The molecule has 0 spiro atoms. The molecule has 0 aromatic rings. The maximum atomic E-state index is 11.2. The van der Waals surface area contributed by atoms with Crippen LogP contribution >= 0.6 is 13.6 Å². The number of carbonyl (C=O) groups excluding carboxylic acids is 1. The Morgan fingerprint density at radius 2 is 2.00 bits per heavy atom. The molecular formula is C10H17BrO2Zn. The van der Waals surface area contributed by atoms with Gasteiger partial charge in [-0.2, -0.15) is 0 Å². The van der Waals surface area contributed by atoms with Crippen molar-refractivity contribution in [3.05, 3.63) is 12.7 Å². The van der Waals surface area contributed by atoms with Crippen molar-refractivity contribution in [1.29, 1.82) is 0 Å². The number of carbonyl (C=O) groups is 1. The minimum atomic E-state index is -0.396. The Bertz CT molecular complexity index is 164. The van der Waals surface area contributed by atoms with Crippen molar-refractivity contribution in [3.8, 4) is 0 Å².